The van der Waals surface area contributed by atoms with Crippen molar-refractivity contribution in [1.29, 1.82) is 0 Å². The van der Waals surface area contributed by atoms with Gasteiger partial charge in [-0.3, -0.25) is 10.1 Å². The summed E-state index contributed by atoms with van der Waals surface area (Å²) in [5.74, 6) is 0. The molecule has 0 unspecified atom stereocenters. The molecule has 0 amide bonds. The van der Waals surface area contributed by atoms with Crippen molar-refractivity contribution in [2.24, 2.45) is 0 Å². The fourth-order valence-corrected chi connectivity index (χ4v) is 1.07. The highest BCUT2D eigenvalue weighted by Crippen LogP contribution is 2.36. The number of hydrogen-bond acceptors (Lipinski definition) is 2. The normalized spacial score (nSPS) is 10.4. The molecule has 16 heavy (non-hydrogen) atoms. The van der Waals surface area contributed by atoms with Crippen LogP contribution in [0.25, 0.3) is 0 Å². The lowest BCUT2D eigenvalue weighted by atomic mass is 10.2. The van der Waals surface area contributed by atoms with E-state index in [1.165, 1.54) is 0 Å². The molecule has 1 rings (SSSR count). The molecule has 0 aliphatic carbocycles. The van der Waals surface area contributed by atoms with Crippen molar-refractivity contribution in [1.82, 2.24) is 0 Å². The van der Waals surface area contributed by atoms with Gasteiger partial charge in [0.2, 0.25) is 0 Å². The zero-order valence-corrected chi connectivity index (χ0v) is 9.26. The molecule has 0 aliphatic heterocycles. The Hall–Kier alpha value is -1.30. The predicted molar refractivity (Wildman–Crippen MR) is 54.5 cm³/mol. The first-order valence-corrected chi connectivity index (χ1v) is 4.71. The van der Waals surface area contributed by atoms with Crippen molar-refractivity contribution in [3.8, 4) is 0 Å². The molecule has 1 aromatic rings. The zero-order chi connectivity index (χ0) is 12.9. The maximum Gasteiger partial charge on any atom is 0.418 e. The number of nitrogens with zero attached hydrogens (tertiary/aromatic N) is 1. The summed E-state index contributed by atoms with van der Waals surface area (Å²) in [5, 5.41) is 9.63. The molecule has 0 fully saturated rings. The maximum absolute atomic E-state index is 12.2. The van der Waals surface area contributed by atoms with Gasteiger partial charge in [-0.15, -0.1) is 0 Å². The van der Waals surface area contributed by atoms with E-state index >= 15 is 0 Å². The van der Waals surface area contributed by atoms with Crippen LogP contribution >= 0.6 is 11.6 Å². The Morgan fingerprint density at radius 1 is 1.31 bits per heavy atom. The van der Waals surface area contributed by atoms with Crippen molar-refractivity contribution in [2.75, 3.05) is 0 Å². The van der Waals surface area contributed by atoms with E-state index in [1.807, 2.05) is 13.8 Å². The van der Waals surface area contributed by atoms with Gasteiger partial charge < -0.3 is 0 Å². The van der Waals surface area contributed by atoms with Gasteiger partial charge in [0.15, 0.2) is 0 Å². The summed E-state index contributed by atoms with van der Waals surface area (Å²) in [4.78, 5) is 9.28. The van der Waals surface area contributed by atoms with Crippen LogP contribution in [-0.4, -0.2) is 4.92 Å². The highest BCUT2D eigenvalue weighted by molar-refractivity contribution is 6.31. The predicted octanol–water partition coefficient (Wildman–Crippen LogP) is 4.29. The topological polar surface area (TPSA) is 43.1 Å². The second-order valence-corrected chi connectivity index (χ2v) is 2.83. The number of rotatable bonds is 1. The lowest BCUT2D eigenvalue weighted by molar-refractivity contribution is -0.385. The van der Waals surface area contributed by atoms with Crippen LogP contribution in [0.3, 0.4) is 0 Å². The zero-order valence-electron chi connectivity index (χ0n) is 8.51. The van der Waals surface area contributed by atoms with Gasteiger partial charge >= 0.3 is 6.18 Å². The summed E-state index contributed by atoms with van der Waals surface area (Å²) >= 11 is 5.24. The Bertz CT molecular complexity index is 380. The molecule has 0 saturated carbocycles. The van der Waals surface area contributed by atoms with Crippen LogP contribution < -0.4 is 0 Å². The van der Waals surface area contributed by atoms with Crippen molar-refractivity contribution < 1.29 is 18.1 Å². The van der Waals surface area contributed by atoms with E-state index in [0.29, 0.717) is 6.07 Å². The molecule has 0 aromatic heterocycles. The van der Waals surface area contributed by atoms with Crippen molar-refractivity contribution >= 4 is 17.3 Å². The van der Waals surface area contributed by atoms with Crippen LogP contribution in [0.15, 0.2) is 18.2 Å². The van der Waals surface area contributed by atoms with Crippen molar-refractivity contribution in [3.05, 3.63) is 38.9 Å². The number of alkyl halides is 3. The molecular formula is C9H9ClF3NO2. The minimum atomic E-state index is -4.68. The lowest BCUT2D eigenvalue weighted by Gasteiger charge is -2.07. The molecule has 0 atom stereocenters. The Balaban J connectivity index is 0.00000106. The molecule has 0 bridgehead atoms. The average Bonchev–Trinajstić information content (AvgIpc) is 2.19. The van der Waals surface area contributed by atoms with Crippen LogP contribution in [0.1, 0.15) is 19.4 Å². The van der Waals surface area contributed by atoms with Crippen LogP contribution in [-0.2, 0) is 6.18 Å². The van der Waals surface area contributed by atoms with E-state index in [1.54, 1.807) is 0 Å². The van der Waals surface area contributed by atoms with E-state index < -0.39 is 27.4 Å². The van der Waals surface area contributed by atoms with Gasteiger partial charge in [0, 0.05) is 12.1 Å². The number of benzene rings is 1. The number of non-ortho nitro benzene ring substituents is 1. The first kappa shape index (κ1) is 14.7. The van der Waals surface area contributed by atoms with Crippen LogP contribution in [0.2, 0.25) is 5.02 Å². The molecule has 3 nitrogen and oxygen atoms in total. The Morgan fingerprint density at radius 2 is 1.81 bits per heavy atom. The molecule has 0 N–H and O–H groups in total. The van der Waals surface area contributed by atoms with Gasteiger partial charge in [-0.2, -0.15) is 13.2 Å². The maximum atomic E-state index is 12.2. The highest BCUT2D eigenvalue weighted by Gasteiger charge is 2.34. The third-order valence-corrected chi connectivity index (χ3v) is 1.80. The van der Waals surface area contributed by atoms with Crippen molar-refractivity contribution in [3.63, 3.8) is 0 Å². The molecule has 0 aliphatic rings. The van der Waals surface area contributed by atoms with Crippen LogP contribution in [0.4, 0.5) is 18.9 Å². The van der Waals surface area contributed by atoms with Crippen LogP contribution in [0.5, 0.6) is 0 Å². The monoisotopic (exact) mass is 255 g/mol. The van der Waals surface area contributed by atoms with Gasteiger partial charge in [0.1, 0.15) is 0 Å². The number of hydrogen-bond donors (Lipinski definition) is 0. The SMILES string of the molecule is CC.O=[N+]([O-])c1ccc(Cl)c(C(F)(F)F)c1. The number of nitro groups is 1. The summed E-state index contributed by atoms with van der Waals surface area (Å²) in [6.07, 6.45) is -4.68. The standard InChI is InChI=1S/C7H3ClF3NO2.C2H6/c8-6-2-1-4(12(13)14)3-5(6)7(9,10)11;1-2/h1-3H;1-2H3. The molecule has 90 valence electrons. The third kappa shape index (κ3) is 3.69. The summed E-state index contributed by atoms with van der Waals surface area (Å²) in [6.45, 7) is 4.00. The minimum Gasteiger partial charge on any atom is -0.258 e. The Morgan fingerprint density at radius 3 is 2.19 bits per heavy atom. The van der Waals surface area contributed by atoms with Gasteiger partial charge in [-0.05, 0) is 6.07 Å². The molecule has 0 saturated heterocycles. The van der Waals surface area contributed by atoms with E-state index in [9.17, 15) is 23.3 Å². The quantitative estimate of drug-likeness (QED) is 0.555. The van der Waals surface area contributed by atoms with Gasteiger partial charge in [0.25, 0.3) is 5.69 Å². The fraction of sp³-hybridized carbons (Fsp3) is 0.333. The number of halogens is 4. The summed E-state index contributed by atoms with van der Waals surface area (Å²) in [5.41, 5.74) is -1.84. The van der Waals surface area contributed by atoms with E-state index in [-0.39, 0.29) is 0 Å². The largest absolute Gasteiger partial charge is 0.418 e. The van der Waals surface area contributed by atoms with E-state index in [0.717, 1.165) is 12.1 Å². The molecule has 7 heteroatoms. The molecule has 1 aromatic carbocycles. The summed E-state index contributed by atoms with van der Waals surface area (Å²) < 4.78 is 36.6. The Labute approximate surface area is 95.0 Å². The van der Waals surface area contributed by atoms with Gasteiger partial charge in [-0.1, -0.05) is 25.4 Å². The molecule has 0 radical (unpaired) electrons. The second kappa shape index (κ2) is 5.69. The third-order valence-electron chi connectivity index (χ3n) is 1.47. The van der Waals surface area contributed by atoms with Crippen LogP contribution in [0, 0.1) is 10.1 Å². The van der Waals surface area contributed by atoms with E-state index in [4.69, 9.17) is 11.6 Å². The molecule has 0 spiro atoms. The summed E-state index contributed by atoms with van der Waals surface area (Å²) in [7, 11) is 0. The highest BCUT2D eigenvalue weighted by atomic mass is 35.5. The fourth-order valence-electron chi connectivity index (χ4n) is 0.844. The van der Waals surface area contributed by atoms with Gasteiger partial charge in [-0.25, -0.2) is 0 Å². The smallest absolute Gasteiger partial charge is 0.258 e. The lowest BCUT2D eigenvalue weighted by Crippen LogP contribution is -2.06. The first-order valence-electron chi connectivity index (χ1n) is 4.33. The first-order chi connectivity index (χ1) is 7.32. The average molecular weight is 256 g/mol. The summed E-state index contributed by atoms with van der Waals surface area (Å²) in [6, 6.07) is 2.17. The molecular weight excluding hydrogens is 247 g/mol. The second-order valence-electron chi connectivity index (χ2n) is 2.42. The minimum absolute atomic E-state index is 0.405. The van der Waals surface area contributed by atoms with E-state index in [2.05, 4.69) is 0 Å². The van der Waals surface area contributed by atoms with Gasteiger partial charge in [0.05, 0.1) is 15.5 Å². The molecule has 0 heterocycles. The Kier molecular flexibility index (Phi) is 5.23. The van der Waals surface area contributed by atoms with Crippen molar-refractivity contribution in [2.45, 2.75) is 20.0 Å². The number of nitro benzene ring substituents is 1.